The van der Waals surface area contributed by atoms with Crippen molar-refractivity contribution in [3.8, 4) is 0 Å². The second-order valence-corrected chi connectivity index (χ2v) is 33.9. The maximum atomic E-state index is 13.1. The Hall–Kier alpha value is -2.46. The van der Waals surface area contributed by atoms with Crippen molar-refractivity contribution in [1.82, 2.24) is 0 Å². The van der Waals surface area contributed by atoms with Gasteiger partial charge in [0, 0.05) is 25.7 Å². The highest BCUT2D eigenvalue weighted by Gasteiger charge is 2.30. The van der Waals surface area contributed by atoms with E-state index in [-0.39, 0.29) is 25.7 Å². The maximum Gasteiger partial charge on any atom is 0.472 e. The van der Waals surface area contributed by atoms with Crippen LogP contribution in [-0.4, -0.2) is 96.7 Å². The maximum absolute atomic E-state index is 13.1. The third-order valence-electron chi connectivity index (χ3n) is 19.0. The highest BCUT2D eigenvalue weighted by Crippen LogP contribution is 2.45. The molecule has 0 fully saturated rings. The molecule has 3 unspecified atom stereocenters. The van der Waals surface area contributed by atoms with Crippen molar-refractivity contribution in [1.29, 1.82) is 0 Å². The summed E-state index contributed by atoms with van der Waals surface area (Å²) in [6.45, 7) is 11.9. The number of ether oxygens (including phenoxy) is 4. The van der Waals surface area contributed by atoms with Crippen molar-refractivity contribution in [3.63, 3.8) is 0 Å². The third-order valence-corrected chi connectivity index (χ3v) is 20.9. The highest BCUT2D eigenvalue weighted by atomic mass is 31.2. The summed E-state index contributed by atoms with van der Waals surface area (Å²) < 4.78 is 68.7. The zero-order valence-corrected chi connectivity index (χ0v) is 69.1. The molecule has 0 aliphatic heterocycles. The van der Waals surface area contributed by atoms with Crippen LogP contribution in [0.5, 0.6) is 0 Å². The molecule has 0 saturated carbocycles. The number of aliphatic hydroxyl groups is 1. The summed E-state index contributed by atoms with van der Waals surface area (Å²) in [4.78, 5) is 73.1. The number of unbranched alkanes of at least 4 members (excludes halogenated alkanes) is 45. The predicted octanol–water partition coefficient (Wildman–Crippen LogP) is 24.9. The fourth-order valence-corrected chi connectivity index (χ4v) is 14.1. The number of allylic oxidation sites excluding steroid dienone is 4. The largest absolute Gasteiger partial charge is 0.472 e. The van der Waals surface area contributed by atoms with Gasteiger partial charge in [0.25, 0.3) is 0 Å². The van der Waals surface area contributed by atoms with Crippen LogP contribution < -0.4 is 0 Å². The van der Waals surface area contributed by atoms with E-state index in [1.807, 2.05) is 0 Å². The molecule has 0 saturated heterocycles. The van der Waals surface area contributed by atoms with E-state index < -0.39 is 97.5 Å². The van der Waals surface area contributed by atoms with Crippen LogP contribution in [0.1, 0.15) is 414 Å². The summed E-state index contributed by atoms with van der Waals surface area (Å²) in [5.74, 6) is 0.179. The van der Waals surface area contributed by atoms with Gasteiger partial charge in [0.05, 0.1) is 26.4 Å². The van der Waals surface area contributed by atoms with E-state index in [0.29, 0.717) is 31.6 Å². The van der Waals surface area contributed by atoms with Crippen molar-refractivity contribution < 1.29 is 80.2 Å². The first-order chi connectivity index (χ1) is 49.7. The number of rotatable bonds is 80. The predicted molar refractivity (Wildman–Crippen MR) is 423 cm³/mol. The van der Waals surface area contributed by atoms with E-state index in [1.165, 1.54) is 205 Å². The van der Waals surface area contributed by atoms with Crippen molar-refractivity contribution in [2.24, 2.45) is 17.8 Å². The van der Waals surface area contributed by atoms with Gasteiger partial charge >= 0.3 is 39.5 Å². The summed E-state index contributed by atoms with van der Waals surface area (Å²) in [5, 5.41) is 10.7. The fourth-order valence-electron chi connectivity index (χ4n) is 12.5. The van der Waals surface area contributed by atoms with Crippen LogP contribution in [0.15, 0.2) is 24.3 Å². The summed E-state index contributed by atoms with van der Waals surface area (Å²) in [7, 11) is -9.94. The summed E-state index contributed by atoms with van der Waals surface area (Å²) in [6.07, 6.45) is 66.2. The van der Waals surface area contributed by atoms with Gasteiger partial charge in [-0.2, -0.15) is 0 Å². The Morgan fingerprint density at radius 3 is 0.786 bits per heavy atom. The first-order valence-corrected chi connectivity index (χ1v) is 45.7. The summed E-state index contributed by atoms with van der Waals surface area (Å²) in [5.41, 5.74) is 0. The summed E-state index contributed by atoms with van der Waals surface area (Å²) in [6, 6.07) is 0. The van der Waals surface area contributed by atoms with Gasteiger partial charge in [0.1, 0.15) is 19.3 Å². The van der Waals surface area contributed by atoms with Crippen LogP contribution >= 0.6 is 15.6 Å². The Morgan fingerprint density at radius 2 is 0.524 bits per heavy atom. The van der Waals surface area contributed by atoms with E-state index in [9.17, 15) is 43.2 Å². The molecule has 0 rings (SSSR count). The molecule has 608 valence electrons. The minimum absolute atomic E-state index is 0.0853. The van der Waals surface area contributed by atoms with Crippen molar-refractivity contribution >= 4 is 39.5 Å². The van der Waals surface area contributed by atoms with E-state index in [2.05, 4.69) is 72.8 Å². The average molecular weight is 1500 g/mol. The number of phosphoric acid groups is 2. The third kappa shape index (κ3) is 77.5. The molecule has 19 heteroatoms. The molecule has 0 spiro atoms. The van der Waals surface area contributed by atoms with E-state index in [0.717, 1.165) is 121 Å². The smallest absolute Gasteiger partial charge is 0.462 e. The molecule has 0 aromatic rings. The number of hydrogen-bond acceptors (Lipinski definition) is 15. The average Bonchev–Trinajstić information content (AvgIpc) is 0.976. The molecule has 5 atom stereocenters. The molecular weight excluding hydrogens is 1340 g/mol. The topological polar surface area (TPSA) is 237 Å². The number of carbonyl (C=O) groups is 4. The molecule has 0 bridgehead atoms. The second-order valence-electron chi connectivity index (χ2n) is 31.0. The van der Waals surface area contributed by atoms with Crippen LogP contribution in [0.2, 0.25) is 0 Å². The highest BCUT2D eigenvalue weighted by molar-refractivity contribution is 7.47. The molecule has 0 aromatic heterocycles. The molecule has 0 aliphatic rings. The lowest BCUT2D eigenvalue weighted by Crippen LogP contribution is -2.30. The molecule has 0 aliphatic carbocycles. The molecule has 103 heavy (non-hydrogen) atoms. The van der Waals surface area contributed by atoms with Crippen LogP contribution in [0, 0.1) is 17.8 Å². The molecule has 17 nitrogen and oxygen atoms in total. The van der Waals surface area contributed by atoms with E-state index in [1.54, 1.807) is 0 Å². The van der Waals surface area contributed by atoms with Crippen molar-refractivity contribution in [3.05, 3.63) is 24.3 Å². The Balaban J connectivity index is 5.24. The van der Waals surface area contributed by atoms with Crippen LogP contribution in [0.25, 0.3) is 0 Å². The first-order valence-electron chi connectivity index (χ1n) is 42.7. The minimum atomic E-state index is -4.97. The Bertz CT molecular complexity index is 2090. The monoisotopic (exact) mass is 1500 g/mol. The Kier molecular flexibility index (Phi) is 71.9. The molecular formula is C84H160O17P2. The van der Waals surface area contributed by atoms with Gasteiger partial charge in [-0.15, -0.1) is 0 Å². The zero-order chi connectivity index (χ0) is 75.8. The molecule has 0 heterocycles. The molecule has 0 aromatic carbocycles. The van der Waals surface area contributed by atoms with E-state index in [4.69, 9.17) is 37.0 Å². The number of carbonyl (C=O) groups excluding carboxylic acids is 4. The number of esters is 4. The zero-order valence-electron chi connectivity index (χ0n) is 67.3. The van der Waals surface area contributed by atoms with Crippen molar-refractivity contribution in [2.45, 2.75) is 433 Å². The Morgan fingerprint density at radius 1 is 0.301 bits per heavy atom. The van der Waals surface area contributed by atoms with E-state index >= 15 is 0 Å². The first kappa shape index (κ1) is 101. The van der Waals surface area contributed by atoms with Gasteiger partial charge in [-0.05, 0) is 69.1 Å². The quantitative estimate of drug-likeness (QED) is 0.0169. The number of aliphatic hydroxyl groups excluding tert-OH is 1. The molecule has 0 radical (unpaired) electrons. The lowest BCUT2D eigenvalue weighted by atomic mass is 10.0. The van der Waals surface area contributed by atoms with Crippen LogP contribution in [0.3, 0.4) is 0 Å². The lowest BCUT2D eigenvalue weighted by molar-refractivity contribution is -0.161. The SMILES string of the molecule is CCCCCC/C=C\C=C/CCCCCCCC(=O)O[C@H](COC(=O)CCCCCCCCCCCCCCCCCCCCC(C)C)COP(=O)(O)OCC(O)COP(=O)(O)OC[C@@H](COC(=O)CCCCCCCCCC(C)C)OC(=O)CCCCCCCCCCCCCCCCC(C)C. The fraction of sp³-hybridized carbons (Fsp3) is 0.905. The normalized spacial score (nSPS) is 14.1. The van der Waals surface area contributed by atoms with Gasteiger partial charge in [-0.1, -0.05) is 362 Å². The van der Waals surface area contributed by atoms with Crippen LogP contribution in [-0.2, 0) is 65.4 Å². The van der Waals surface area contributed by atoms with Gasteiger partial charge < -0.3 is 33.8 Å². The standard InChI is InChI=1S/C84H160O17P2/c1-8-9-10-11-12-13-14-15-20-28-33-38-45-53-60-67-83(88)100-79(71-94-81(86)65-58-51-44-37-32-27-22-19-17-16-18-21-25-30-35-41-48-55-62-75(2)3)73-98-102(90,91)96-69-78(85)70-97-103(92,93)99-74-80(72-95-82(87)66-59-52-47-40-43-50-57-64-77(6)7)101-84(89)68-61-54-46-39-34-29-24-23-26-31-36-42-49-56-63-76(4)5/h13-15,20,75-80,85H,8-12,16-19,21-74H2,1-7H3,(H,90,91)(H,92,93)/b14-13-,20-15-/t78?,79-,80-/m1/s1. The van der Waals surface area contributed by atoms with Gasteiger partial charge in [-0.3, -0.25) is 37.3 Å². The van der Waals surface area contributed by atoms with Crippen molar-refractivity contribution in [2.75, 3.05) is 39.6 Å². The minimum Gasteiger partial charge on any atom is -0.462 e. The Labute approximate surface area is 631 Å². The molecule has 0 amide bonds. The molecule has 3 N–H and O–H groups in total. The van der Waals surface area contributed by atoms with Crippen LogP contribution in [0.4, 0.5) is 0 Å². The number of hydrogen-bond donors (Lipinski definition) is 3. The summed E-state index contributed by atoms with van der Waals surface area (Å²) >= 11 is 0. The number of phosphoric ester groups is 2. The van der Waals surface area contributed by atoms with Gasteiger partial charge in [-0.25, -0.2) is 9.13 Å². The lowest BCUT2D eigenvalue weighted by Gasteiger charge is -2.21. The van der Waals surface area contributed by atoms with Gasteiger partial charge in [0.15, 0.2) is 12.2 Å². The second kappa shape index (κ2) is 73.7. The van der Waals surface area contributed by atoms with Gasteiger partial charge in [0.2, 0.25) is 0 Å².